The number of amides is 1. The second-order valence-corrected chi connectivity index (χ2v) is 3.79. The molecule has 0 saturated carbocycles. The monoisotopic (exact) mass is 247 g/mol. The van der Waals surface area contributed by atoms with Crippen molar-refractivity contribution in [2.24, 2.45) is 0 Å². The number of nitrogen functional groups attached to an aromatic ring is 1. The van der Waals surface area contributed by atoms with E-state index >= 15 is 0 Å². The Morgan fingerprint density at radius 2 is 1.94 bits per heavy atom. The Bertz CT molecular complexity index is 557. The van der Waals surface area contributed by atoms with E-state index in [-0.39, 0.29) is 11.6 Å². The summed E-state index contributed by atoms with van der Waals surface area (Å²) in [5.41, 5.74) is 6.30. The molecule has 1 aromatic carbocycles. The molecule has 1 amide bonds. The molecule has 0 unspecified atom stereocenters. The predicted molar refractivity (Wildman–Crippen MR) is 68.1 cm³/mol. The summed E-state index contributed by atoms with van der Waals surface area (Å²) < 4.78 is 0. The highest BCUT2D eigenvalue weighted by atomic mass is 35.5. The third-order valence-electron chi connectivity index (χ3n) is 2.13. The number of pyridine rings is 1. The van der Waals surface area contributed by atoms with Gasteiger partial charge in [0.2, 0.25) is 0 Å². The summed E-state index contributed by atoms with van der Waals surface area (Å²) in [7, 11) is 0. The molecule has 86 valence electrons. The Balaban J connectivity index is 2.20. The van der Waals surface area contributed by atoms with Crippen LogP contribution in [0.4, 0.5) is 11.5 Å². The fraction of sp³-hybridized carbons (Fsp3) is 0. The van der Waals surface area contributed by atoms with Crippen molar-refractivity contribution < 1.29 is 4.79 Å². The Kier molecular flexibility index (Phi) is 3.25. The van der Waals surface area contributed by atoms with E-state index in [1.54, 1.807) is 42.5 Å². The smallest absolute Gasteiger partial charge is 0.274 e. The average Bonchev–Trinajstić information content (AvgIpc) is 2.32. The molecule has 2 aromatic rings. The van der Waals surface area contributed by atoms with Crippen LogP contribution in [0.15, 0.2) is 42.5 Å². The summed E-state index contributed by atoms with van der Waals surface area (Å²) in [6.45, 7) is 0. The van der Waals surface area contributed by atoms with Crippen LogP contribution in [-0.4, -0.2) is 10.9 Å². The quantitative estimate of drug-likeness (QED) is 0.857. The van der Waals surface area contributed by atoms with Gasteiger partial charge in [-0.2, -0.15) is 0 Å². The van der Waals surface area contributed by atoms with E-state index in [0.29, 0.717) is 16.5 Å². The van der Waals surface area contributed by atoms with Crippen molar-refractivity contribution in [1.82, 2.24) is 4.98 Å². The normalized spacial score (nSPS) is 9.94. The lowest BCUT2D eigenvalue weighted by atomic mass is 10.3. The summed E-state index contributed by atoms with van der Waals surface area (Å²) in [4.78, 5) is 15.8. The largest absolute Gasteiger partial charge is 0.384 e. The van der Waals surface area contributed by atoms with Crippen molar-refractivity contribution in [3.63, 3.8) is 0 Å². The molecule has 0 aliphatic carbocycles. The van der Waals surface area contributed by atoms with E-state index in [0.717, 1.165) is 0 Å². The molecule has 0 fully saturated rings. The molecular weight excluding hydrogens is 238 g/mol. The van der Waals surface area contributed by atoms with Crippen LogP contribution in [-0.2, 0) is 0 Å². The van der Waals surface area contributed by atoms with Gasteiger partial charge in [-0.15, -0.1) is 0 Å². The lowest BCUT2D eigenvalue weighted by Gasteiger charge is -2.06. The molecule has 5 heteroatoms. The van der Waals surface area contributed by atoms with Gasteiger partial charge in [-0.1, -0.05) is 29.8 Å². The number of benzene rings is 1. The molecule has 1 aromatic heterocycles. The van der Waals surface area contributed by atoms with Gasteiger partial charge in [0.15, 0.2) is 0 Å². The number of hydrogen-bond acceptors (Lipinski definition) is 3. The number of nitrogens with zero attached hydrogens (tertiary/aromatic N) is 1. The number of nitrogens with one attached hydrogen (secondary N) is 1. The molecule has 0 aliphatic rings. The summed E-state index contributed by atoms with van der Waals surface area (Å²) in [6, 6.07) is 11.9. The number of carbonyl (C=O) groups is 1. The molecule has 0 bridgehead atoms. The third kappa shape index (κ3) is 2.73. The lowest BCUT2D eigenvalue weighted by Crippen LogP contribution is -2.14. The lowest BCUT2D eigenvalue weighted by molar-refractivity contribution is 0.102. The van der Waals surface area contributed by atoms with Crippen LogP contribution in [0.1, 0.15) is 10.5 Å². The fourth-order valence-electron chi connectivity index (χ4n) is 1.33. The Morgan fingerprint density at radius 1 is 1.18 bits per heavy atom. The second kappa shape index (κ2) is 4.84. The van der Waals surface area contributed by atoms with Gasteiger partial charge in [0, 0.05) is 0 Å². The zero-order valence-electron chi connectivity index (χ0n) is 8.85. The zero-order valence-corrected chi connectivity index (χ0v) is 9.61. The van der Waals surface area contributed by atoms with Gasteiger partial charge in [-0.05, 0) is 24.3 Å². The van der Waals surface area contributed by atoms with E-state index in [4.69, 9.17) is 17.3 Å². The summed E-state index contributed by atoms with van der Waals surface area (Å²) in [6.07, 6.45) is 0. The van der Waals surface area contributed by atoms with Crippen molar-refractivity contribution in [1.29, 1.82) is 0 Å². The van der Waals surface area contributed by atoms with Gasteiger partial charge in [0.05, 0.1) is 10.7 Å². The van der Waals surface area contributed by atoms with E-state index in [2.05, 4.69) is 10.3 Å². The van der Waals surface area contributed by atoms with Crippen LogP contribution in [0, 0.1) is 0 Å². The van der Waals surface area contributed by atoms with E-state index < -0.39 is 0 Å². The molecular formula is C12H10ClN3O. The maximum absolute atomic E-state index is 11.8. The summed E-state index contributed by atoms with van der Waals surface area (Å²) in [5, 5.41) is 3.14. The second-order valence-electron chi connectivity index (χ2n) is 3.38. The van der Waals surface area contributed by atoms with Crippen LogP contribution >= 0.6 is 11.6 Å². The third-order valence-corrected chi connectivity index (χ3v) is 2.45. The van der Waals surface area contributed by atoms with Crippen LogP contribution < -0.4 is 11.1 Å². The first-order valence-electron chi connectivity index (χ1n) is 4.95. The standard InChI is InChI=1S/C12H10ClN3O/c13-8-4-1-2-5-9(8)16-12(17)10-6-3-7-11(14)15-10/h1-7H,(H2,14,15)(H,16,17). The van der Waals surface area contributed by atoms with Crippen molar-refractivity contribution in [3.8, 4) is 0 Å². The Labute approximate surface area is 103 Å². The molecule has 0 saturated heterocycles. The number of nitrogens with two attached hydrogens (primary N) is 1. The Hall–Kier alpha value is -2.07. The molecule has 0 atom stereocenters. The molecule has 0 aliphatic heterocycles. The SMILES string of the molecule is Nc1cccc(C(=O)Nc2ccccc2Cl)n1. The zero-order chi connectivity index (χ0) is 12.3. The molecule has 3 N–H and O–H groups in total. The number of rotatable bonds is 2. The van der Waals surface area contributed by atoms with Gasteiger partial charge in [0.1, 0.15) is 11.5 Å². The first-order chi connectivity index (χ1) is 8.16. The van der Waals surface area contributed by atoms with E-state index in [1.807, 2.05) is 0 Å². The number of halogens is 1. The highest BCUT2D eigenvalue weighted by molar-refractivity contribution is 6.33. The number of hydrogen-bond donors (Lipinski definition) is 2. The van der Waals surface area contributed by atoms with Crippen LogP contribution in [0.25, 0.3) is 0 Å². The van der Waals surface area contributed by atoms with Crippen LogP contribution in [0.2, 0.25) is 5.02 Å². The van der Waals surface area contributed by atoms with Crippen molar-refractivity contribution >= 4 is 29.0 Å². The van der Waals surface area contributed by atoms with Crippen molar-refractivity contribution in [2.75, 3.05) is 11.1 Å². The van der Waals surface area contributed by atoms with E-state index in [9.17, 15) is 4.79 Å². The van der Waals surface area contributed by atoms with Gasteiger partial charge < -0.3 is 11.1 Å². The van der Waals surface area contributed by atoms with Crippen molar-refractivity contribution in [2.45, 2.75) is 0 Å². The average molecular weight is 248 g/mol. The predicted octanol–water partition coefficient (Wildman–Crippen LogP) is 2.57. The first kappa shape index (κ1) is 11.4. The number of anilines is 2. The maximum Gasteiger partial charge on any atom is 0.274 e. The number of para-hydroxylation sites is 1. The van der Waals surface area contributed by atoms with Gasteiger partial charge in [-0.3, -0.25) is 4.79 Å². The fourth-order valence-corrected chi connectivity index (χ4v) is 1.51. The van der Waals surface area contributed by atoms with Crippen LogP contribution in [0.3, 0.4) is 0 Å². The van der Waals surface area contributed by atoms with Crippen molar-refractivity contribution in [3.05, 3.63) is 53.2 Å². The first-order valence-corrected chi connectivity index (χ1v) is 5.33. The van der Waals surface area contributed by atoms with Gasteiger partial charge in [0.25, 0.3) is 5.91 Å². The van der Waals surface area contributed by atoms with E-state index in [1.165, 1.54) is 0 Å². The molecule has 2 rings (SSSR count). The molecule has 0 spiro atoms. The number of aromatic nitrogens is 1. The molecule has 0 radical (unpaired) electrons. The maximum atomic E-state index is 11.8. The minimum absolute atomic E-state index is 0.255. The van der Waals surface area contributed by atoms with Gasteiger partial charge in [-0.25, -0.2) is 4.98 Å². The minimum atomic E-state index is -0.342. The van der Waals surface area contributed by atoms with Crippen LogP contribution in [0.5, 0.6) is 0 Å². The highest BCUT2D eigenvalue weighted by Crippen LogP contribution is 2.20. The summed E-state index contributed by atoms with van der Waals surface area (Å²) in [5.74, 6) is -0.0396. The Morgan fingerprint density at radius 3 is 2.65 bits per heavy atom. The molecule has 1 heterocycles. The molecule has 4 nitrogen and oxygen atoms in total. The van der Waals surface area contributed by atoms with Gasteiger partial charge >= 0.3 is 0 Å². The minimum Gasteiger partial charge on any atom is -0.384 e. The highest BCUT2D eigenvalue weighted by Gasteiger charge is 2.09. The molecule has 17 heavy (non-hydrogen) atoms. The topological polar surface area (TPSA) is 68.0 Å². The summed E-state index contributed by atoms with van der Waals surface area (Å²) >= 11 is 5.93. The number of carbonyl (C=O) groups excluding carboxylic acids is 1.